The van der Waals surface area contributed by atoms with Gasteiger partial charge >= 0.3 is 12.1 Å². The number of aryl methyl sites for hydroxylation is 1. The number of anilines is 1. The molecule has 1 fully saturated rings. The van der Waals surface area contributed by atoms with Gasteiger partial charge in [-0.05, 0) is 85.5 Å². The second-order valence-electron chi connectivity index (χ2n) is 10.3. The number of carboxylic acid groups (broad SMARTS) is 1. The summed E-state index contributed by atoms with van der Waals surface area (Å²) in [5.74, 6) is -1.44. The Morgan fingerprint density at radius 2 is 1.60 bits per heavy atom. The number of benzene rings is 3. The highest BCUT2D eigenvalue weighted by Gasteiger charge is 2.35. The fourth-order valence-electron chi connectivity index (χ4n) is 5.32. The second-order valence-corrected chi connectivity index (χ2v) is 10.3. The number of pyridine rings is 1. The molecule has 10 heteroatoms. The number of carbonyl (C=O) groups is 2. The Hall–Kier alpha value is -4.47. The van der Waals surface area contributed by atoms with E-state index in [4.69, 9.17) is 10.1 Å². The average Bonchev–Trinajstić information content (AvgIpc) is 2.98. The summed E-state index contributed by atoms with van der Waals surface area (Å²) in [6.07, 6.45) is -2.74. The van der Waals surface area contributed by atoms with Gasteiger partial charge in [0.25, 0.3) is 5.91 Å². The summed E-state index contributed by atoms with van der Waals surface area (Å²) in [7, 11) is 0. The summed E-state index contributed by atoms with van der Waals surface area (Å²) in [5, 5.41) is 9.72. The molecule has 1 aromatic heterocycles. The third kappa shape index (κ3) is 6.53. The molecule has 1 saturated heterocycles. The van der Waals surface area contributed by atoms with Crippen LogP contribution in [0, 0.1) is 5.82 Å². The van der Waals surface area contributed by atoms with Crippen molar-refractivity contribution in [3.05, 3.63) is 95.3 Å². The van der Waals surface area contributed by atoms with E-state index >= 15 is 0 Å². The zero-order chi connectivity index (χ0) is 29.9. The van der Waals surface area contributed by atoms with Crippen LogP contribution >= 0.6 is 0 Å². The lowest BCUT2D eigenvalue weighted by atomic mass is 9.98. The Morgan fingerprint density at radius 1 is 0.881 bits per heavy atom. The van der Waals surface area contributed by atoms with Crippen LogP contribution in [-0.2, 0) is 17.4 Å². The van der Waals surface area contributed by atoms with Crippen LogP contribution in [0.5, 0.6) is 0 Å². The fraction of sp³-hybridized carbons (Fsp3) is 0.281. The summed E-state index contributed by atoms with van der Waals surface area (Å²) in [6.45, 7) is 1.10. The second kappa shape index (κ2) is 12.2. The molecule has 5 rings (SSSR count). The van der Waals surface area contributed by atoms with Gasteiger partial charge in [0, 0.05) is 54.8 Å². The molecule has 0 atom stereocenters. The van der Waals surface area contributed by atoms with E-state index in [1.807, 2.05) is 6.07 Å². The van der Waals surface area contributed by atoms with Crippen LogP contribution in [0.2, 0.25) is 0 Å². The van der Waals surface area contributed by atoms with Gasteiger partial charge in [0.05, 0.1) is 16.8 Å². The number of aromatic nitrogens is 1. The maximum absolute atomic E-state index is 13.6. The number of carboxylic acids is 1. The van der Waals surface area contributed by atoms with Crippen molar-refractivity contribution in [3.63, 3.8) is 0 Å². The molecule has 0 bridgehead atoms. The van der Waals surface area contributed by atoms with Crippen LogP contribution in [0.15, 0.2) is 72.8 Å². The maximum atomic E-state index is 13.6. The Balaban J connectivity index is 1.36. The van der Waals surface area contributed by atoms with Gasteiger partial charge in [-0.1, -0.05) is 12.1 Å². The Kier molecular flexibility index (Phi) is 8.42. The number of halogens is 4. The molecule has 1 aliphatic rings. The third-order valence-electron chi connectivity index (χ3n) is 7.46. The Bertz CT molecular complexity index is 1600. The van der Waals surface area contributed by atoms with E-state index in [0.717, 1.165) is 22.6 Å². The highest BCUT2D eigenvalue weighted by molar-refractivity contribution is 5.98. The number of hydrogen-bond donors (Lipinski definition) is 1. The smallest absolute Gasteiger partial charge is 0.418 e. The highest BCUT2D eigenvalue weighted by Crippen LogP contribution is 2.37. The molecule has 2 heterocycles. The minimum absolute atomic E-state index is 0.0561. The van der Waals surface area contributed by atoms with E-state index in [1.54, 1.807) is 46.2 Å². The summed E-state index contributed by atoms with van der Waals surface area (Å²) in [6, 6.07) is 18.6. The van der Waals surface area contributed by atoms with E-state index in [-0.39, 0.29) is 50.0 Å². The molecule has 218 valence electrons. The number of para-hydroxylation sites is 1. The first-order valence-electron chi connectivity index (χ1n) is 13.7. The van der Waals surface area contributed by atoms with Gasteiger partial charge in [-0.2, -0.15) is 13.2 Å². The zero-order valence-electron chi connectivity index (χ0n) is 22.7. The fourth-order valence-corrected chi connectivity index (χ4v) is 5.32. The van der Waals surface area contributed by atoms with Crippen LogP contribution in [-0.4, -0.2) is 53.0 Å². The van der Waals surface area contributed by atoms with Crippen LogP contribution < -0.4 is 4.90 Å². The molecule has 1 aliphatic heterocycles. The van der Waals surface area contributed by atoms with Gasteiger partial charge in [-0.3, -0.25) is 9.59 Å². The lowest BCUT2D eigenvalue weighted by molar-refractivity contribution is -0.138. The topological polar surface area (TPSA) is 73.7 Å². The van der Waals surface area contributed by atoms with Crippen molar-refractivity contribution in [1.82, 2.24) is 9.88 Å². The van der Waals surface area contributed by atoms with Crippen LogP contribution in [0.4, 0.5) is 23.2 Å². The largest absolute Gasteiger partial charge is 0.481 e. The van der Waals surface area contributed by atoms with Gasteiger partial charge in [0.15, 0.2) is 0 Å². The number of rotatable bonds is 8. The lowest BCUT2D eigenvalue weighted by Gasteiger charge is -2.37. The van der Waals surface area contributed by atoms with Crippen molar-refractivity contribution in [1.29, 1.82) is 0 Å². The standard InChI is InChI=1S/C32H29F4N3O3/c33-25-12-9-21(10-13-25)30-22(5-1-4-8-29(40)41)19-24-20-23(11-14-27(24)37-30)31(42)39-17-15-38(16-18-39)28-7-3-2-6-26(28)32(34,35)36/h2-3,6-7,9-14,19-20H,1,4-5,8,15-18H2,(H,40,41). The first-order valence-corrected chi connectivity index (χ1v) is 13.7. The van der Waals surface area contributed by atoms with Crippen LogP contribution in [0.25, 0.3) is 22.2 Å². The van der Waals surface area contributed by atoms with Crippen molar-refractivity contribution in [2.45, 2.75) is 31.9 Å². The molecular weight excluding hydrogens is 550 g/mol. The van der Waals surface area contributed by atoms with Crippen molar-refractivity contribution in [2.24, 2.45) is 0 Å². The van der Waals surface area contributed by atoms with Crippen molar-refractivity contribution < 1.29 is 32.3 Å². The summed E-state index contributed by atoms with van der Waals surface area (Å²) >= 11 is 0. The first-order chi connectivity index (χ1) is 20.1. The highest BCUT2D eigenvalue weighted by atomic mass is 19.4. The van der Waals surface area contributed by atoms with Crippen molar-refractivity contribution in [3.8, 4) is 11.3 Å². The summed E-state index contributed by atoms with van der Waals surface area (Å²) in [5.41, 5.74) is 2.78. The minimum atomic E-state index is -4.46. The van der Waals surface area contributed by atoms with E-state index in [2.05, 4.69) is 0 Å². The van der Waals surface area contributed by atoms with Gasteiger partial charge in [-0.15, -0.1) is 0 Å². The molecule has 0 saturated carbocycles. The van der Waals surface area contributed by atoms with E-state index in [1.165, 1.54) is 24.3 Å². The lowest BCUT2D eigenvalue weighted by Crippen LogP contribution is -2.49. The van der Waals surface area contributed by atoms with Gasteiger partial charge in [-0.25, -0.2) is 9.37 Å². The molecular formula is C32H29F4N3O3. The predicted octanol–water partition coefficient (Wildman–Crippen LogP) is 6.82. The number of carbonyl (C=O) groups excluding carboxylic acids is 1. The van der Waals surface area contributed by atoms with Crippen molar-refractivity contribution >= 4 is 28.5 Å². The molecule has 0 aliphatic carbocycles. The molecule has 42 heavy (non-hydrogen) atoms. The minimum Gasteiger partial charge on any atom is -0.481 e. The summed E-state index contributed by atoms with van der Waals surface area (Å²) < 4.78 is 54.1. The third-order valence-corrected chi connectivity index (χ3v) is 7.46. The number of aliphatic carboxylic acids is 1. The normalized spacial score (nSPS) is 13.9. The molecule has 1 N–H and O–H groups in total. The number of alkyl halides is 3. The number of fused-ring (bicyclic) bond motifs is 1. The predicted molar refractivity (Wildman–Crippen MR) is 152 cm³/mol. The Labute approximate surface area is 240 Å². The van der Waals surface area contributed by atoms with Gasteiger partial charge < -0.3 is 14.9 Å². The Morgan fingerprint density at radius 3 is 2.29 bits per heavy atom. The van der Waals surface area contributed by atoms with E-state index < -0.39 is 17.7 Å². The number of piperazine rings is 1. The monoisotopic (exact) mass is 579 g/mol. The molecule has 1 amide bonds. The molecule has 4 aromatic rings. The average molecular weight is 580 g/mol. The van der Waals surface area contributed by atoms with E-state index in [0.29, 0.717) is 36.0 Å². The van der Waals surface area contributed by atoms with Gasteiger partial charge in [0.1, 0.15) is 5.82 Å². The number of amides is 1. The SMILES string of the molecule is O=C(O)CCCCc1cc2cc(C(=O)N3CCN(c4ccccc4C(F)(F)F)CC3)ccc2nc1-c1ccc(F)cc1. The molecule has 0 spiro atoms. The molecule has 6 nitrogen and oxygen atoms in total. The zero-order valence-corrected chi connectivity index (χ0v) is 22.7. The number of nitrogens with zero attached hydrogens (tertiary/aromatic N) is 3. The van der Waals surface area contributed by atoms with Crippen molar-refractivity contribution in [2.75, 3.05) is 31.1 Å². The number of unbranched alkanes of at least 4 members (excludes halogenated alkanes) is 1. The van der Waals surface area contributed by atoms with Gasteiger partial charge in [0.2, 0.25) is 0 Å². The maximum Gasteiger partial charge on any atom is 0.418 e. The summed E-state index contributed by atoms with van der Waals surface area (Å²) in [4.78, 5) is 32.5. The van der Waals surface area contributed by atoms with Crippen LogP contribution in [0.1, 0.15) is 40.7 Å². The number of hydrogen-bond acceptors (Lipinski definition) is 4. The van der Waals surface area contributed by atoms with Crippen LogP contribution in [0.3, 0.4) is 0 Å². The van der Waals surface area contributed by atoms with E-state index in [9.17, 15) is 27.2 Å². The molecule has 0 radical (unpaired) electrons. The first kappa shape index (κ1) is 29.0. The molecule has 0 unspecified atom stereocenters. The molecule has 3 aromatic carbocycles. The quantitative estimate of drug-likeness (QED) is 0.183.